The monoisotopic (exact) mass is 513 g/mol. The van der Waals surface area contributed by atoms with Crippen molar-refractivity contribution in [2.75, 3.05) is 40.5 Å². The normalized spacial score (nSPS) is 10.8. The highest BCUT2D eigenvalue weighted by Crippen LogP contribution is 2.18. The van der Waals surface area contributed by atoms with Crippen molar-refractivity contribution in [3.8, 4) is 11.5 Å². The molecule has 0 aliphatic carbocycles. The zero-order valence-corrected chi connectivity index (χ0v) is 19.8. The molecule has 29 heavy (non-hydrogen) atoms. The van der Waals surface area contributed by atoms with Crippen LogP contribution in [-0.4, -0.2) is 46.4 Å². The predicted molar refractivity (Wildman–Crippen MR) is 129 cm³/mol. The molecule has 0 fully saturated rings. The Balaban J connectivity index is 0.00000420. The van der Waals surface area contributed by atoms with Crippen molar-refractivity contribution in [3.63, 3.8) is 0 Å². The van der Waals surface area contributed by atoms with Gasteiger partial charge in [-0.1, -0.05) is 36.4 Å². The number of hydrogen-bond donors (Lipinski definition) is 2. The third-order valence-corrected chi connectivity index (χ3v) is 4.18. The van der Waals surface area contributed by atoms with Crippen LogP contribution in [0.2, 0.25) is 0 Å². The molecule has 0 bridgehead atoms. The van der Waals surface area contributed by atoms with Crippen LogP contribution in [0.4, 0.5) is 0 Å². The molecule has 2 aromatic carbocycles. The molecular formula is C22H32IN3O3. The first-order valence-electron chi connectivity index (χ1n) is 9.62. The number of para-hydroxylation sites is 2. The second kappa shape index (κ2) is 14.9. The van der Waals surface area contributed by atoms with Gasteiger partial charge in [-0.25, -0.2) is 0 Å². The van der Waals surface area contributed by atoms with Crippen LogP contribution in [-0.2, 0) is 17.8 Å². The first-order valence-corrected chi connectivity index (χ1v) is 9.62. The van der Waals surface area contributed by atoms with Crippen LogP contribution in [0, 0.1) is 0 Å². The highest BCUT2D eigenvalue weighted by molar-refractivity contribution is 14.0. The van der Waals surface area contributed by atoms with Gasteiger partial charge in [-0.15, -0.1) is 24.0 Å². The summed E-state index contributed by atoms with van der Waals surface area (Å²) in [7, 11) is 3.37. The molecular weight excluding hydrogens is 481 g/mol. The van der Waals surface area contributed by atoms with E-state index in [0.717, 1.165) is 42.5 Å². The molecule has 2 aromatic rings. The van der Waals surface area contributed by atoms with E-state index in [2.05, 4.69) is 28.6 Å². The van der Waals surface area contributed by atoms with Crippen molar-refractivity contribution in [3.05, 3.63) is 59.7 Å². The molecule has 0 saturated heterocycles. The molecule has 0 aliphatic heterocycles. The number of hydrogen-bond acceptors (Lipinski definition) is 4. The van der Waals surface area contributed by atoms with Gasteiger partial charge in [0.15, 0.2) is 5.96 Å². The second-order valence-corrected chi connectivity index (χ2v) is 6.11. The van der Waals surface area contributed by atoms with Gasteiger partial charge < -0.3 is 24.8 Å². The van der Waals surface area contributed by atoms with Crippen LogP contribution < -0.4 is 20.1 Å². The van der Waals surface area contributed by atoms with Crippen LogP contribution in [0.15, 0.2) is 53.5 Å². The van der Waals surface area contributed by atoms with E-state index in [-0.39, 0.29) is 24.0 Å². The van der Waals surface area contributed by atoms with E-state index in [4.69, 9.17) is 14.2 Å². The molecule has 0 heterocycles. The van der Waals surface area contributed by atoms with Gasteiger partial charge in [0.05, 0.1) is 34.0 Å². The quantitative estimate of drug-likeness (QED) is 0.208. The minimum atomic E-state index is 0. The molecule has 160 valence electrons. The van der Waals surface area contributed by atoms with Gasteiger partial charge in [-0.3, -0.25) is 4.99 Å². The summed E-state index contributed by atoms with van der Waals surface area (Å²) >= 11 is 0. The van der Waals surface area contributed by atoms with E-state index >= 15 is 0 Å². The molecule has 0 aliphatic rings. The number of benzene rings is 2. The van der Waals surface area contributed by atoms with Crippen molar-refractivity contribution in [1.29, 1.82) is 0 Å². The van der Waals surface area contributed by atoms with Crippen molar-refractivity contribution in [2.24, 2.45) is 4.99 Å². The molecule has 6 nitrogen and oxygen atoms in total. The fourth-order valence-corrected chi connectivity index (χ4v) is 2.79. The second-order valence-electron chi connectivity index (χ2n) is 6.11. The minimum absolute atomic E-state index is 0. The molecule has 0 amide bonds. The molecule has 0 radical (unpaired) electrons. The van der Waals surface area contributed by atoms with E-state index in [1.165, 1.54) is 5.56 Å². The van der Waals surface area contributed by atoms with E-state index in [9.17, 15) is 0 Å². The topological polar surface area (TPSA) is 64.1 Å². The maximum atomic E-state index is 5.74. The number of nitrogens with one attached hydrogen (secondary N) is 2. The molecule has 0 unspecified atom stereocenters. The van der Waals surface area contributed by atoms with E-state index in [1.807, 2.05) is 42.5 Å². The lowest BCUT2D eigenvalue weighted by molar-refractivity contribution is 0.126. The Morgan fingerprint density at radius 2 is 1.52 bits per heavy atom. The average Bonchev–Trinajstić information content (AvgIpc) is 2.74. The largest absolute Gasteiger partial charge is 0.496 e. The zero-order valence-electron chi connectivity index (χ0n) is 17.4. The van der Waals surface area contributed by atoms with Crippen molar-refractivity contribution in [2.45, 2.75) is 20.0 Å². The first kappa shape index (κ1) is 25.0. The lowest BCUT2D eigenvalue weighted by atomic mass is 10.1. The van der Waals surface area contributed by atoms with Crippen molar-refractivity contribution in [1.82, 2.24) is 10.6 Å². The molecule has 2 N–H and O–H groups in total. The molecule has 0 atom stereocenters. The summed E-state index contributed by atoms with van der Waals surface area (Å²) in [6.07, 6.45) is 0.860. The smallest absolute Gasteiger partial charge is 0.191 e. The number of rotatable bonds is 11. The number of methoxy groups -OCH3 is 2. The van der Waals surface area contributed by atoms with Gasteiger partial charge in [-0.2, -0.15) is 0 Å². The molecule has 2 rings (SSSR count). The van der Waals surface area contributed by atoms with Crippen molar-refractivity contribution >= 4 is 29.9 Å². The highest BCUT2D eigenvalue weighted by Gasteiger charge is 2.03. The lowest BCUT2D eigenvalue weighted by Gasteiger charge is -2.13. The highest BCUT2D eigenvalue weighted by atomic mass is 127. The number of aliphatic imine (C=N–C) groups is 1. The van der Waals surface area contributed by atoms with Gasteiger partial charge in [0.25, 0.3) is 0 Å². The van der Waals surface area contributed by atoms with Gasteiger partial charge in [0, 0.05) is 18.7 Å². The van der Waals surface area contributed by atoms with Crippen LogP contribution in [0.1, 0.15) is 18.1 Å². The zero-order chi connectivity index (χ0) is 20.0. The predicted octanol–water partition coefficient (Wildman–Crippen LogP) is 3.64. The molecule has 7 heteroatoms. The summed E-state index contributed by atoms with van der Waals surface area (Å²) < 4.78 is 16.5. The molecule has 0 aromatic heterocycles. The SMILES string of the molecule is CCNC(=NCCOCc1ccccc1OC)NCCc1ccccc1OC.I. The third kappa shape index (κ3) is 8.91. The van der Waals surface area contributed by atoms with E-state index in [0.29, 0.717) is 19.8 Å². The fourth-order valence-electron chi connectivity index (χ4n) is 2.79. The Bertz CT molecular complexity index is 741. The van der Waals surface area contributed by atoms with Crippen LogP contribution in [0.3, 0.4) is 0 Å². The van der Waals surface area contributed by atoms with E-state index in [1.54, 1.807) is 14.2 Å². The van der Waals surface area contributed by atoms with Crippen LogP contribution >= 0.6 is 24.0 Å². The number of halogens is 1. The maximum absolute atomic E-state index is 5.74. The average molecular weight is 513 g/mol. The summed E-state index contributed by atoms with van der Waals surface area (Å²) in [6, 6.07) is 15.9. The Morgan fingerprint density at radius 3 is 2.17 bits per heavy atom. The Morgan fingerprint density at radius 1 is 0.897 bits per heavy atom. The summed E-state index contributed by atoms with van der Waals surface area (Å²) in [5, 5.41) is 6.61. The van der Waals surface area contributed by atoms with Gasteiger partial charge >= 0.3 is 0 Å². The maximum Gasteiger partial charge on any atom is 0.191 e. The lowest BCUT2D eigenvalue weighted by Crippen LogP contribution is -2.38. The minimum Gasteiger partial charge on any atom is -0.496 e. The summed E-state index contributed by atoms with van der Waals surface area (Å²) in [4.78, 5) is 4.57. The summed E-state index contributed by atoms with van der Waals surface area (Å²) in [6.45, 7) is 5.27. The van der Waals surface area contributed by atoms with Crippen LogP contribution in [0.25, 0.3) is 0 Å². The molecule has 0 spiro atoms. The standard InChI is InChI=1S/C22H31N3O3.HI/c1-4-23-22(24-14-13-18-9-5-7-11-20(18)26-2)25-15-16-28-17-19-10-6-8-12-21(19)27-3;/h5-12H,4,13-17H2,1-3H3,(H2,23,24,25);1H. The van der Waals surface area contributed by atoms with Gasteiger partial charge in [0.1, 0.15) is 11.5 Å². The van der Waals surface area contributed by atoms with E-state index < -0.39 is 0 Å². The number of ether oxygens (including phenoxy) is 3. The van der Waals surface area contributed by atoms with Gasteiger partial charge in [0.2, 0.25) is 0 Å². The first-order chi connectivity index (χ1) is 13.8. The Labute approximate surface area is 191 Å². The number of nitrogens with zero attached hydrogens (tertiary/aromatic N) is 1. The van der Waals surface area contributed by atoms with Gasteiger partial charge in [-0.05, 0) is 31.0 Å². The fraction of sp³-hybridized carbons (Fsp3) is 0.409. The Kier molecular flexibility index (Phi) is 12.9. The summed E-state index contributed by atoms with van der Waals surface area (Å²) in [5.41, 5.74) is 2.21. The third-order valence-electron chi connectivity index (χ3n) is 4.18. The Hall–Kier alpha value is -2.00. The van der Waals surface area contributed by atoms with Crippen LogP contribution in [0.5, 0.6) is 11.5 Å². The van der Waals surface area contributed by atoms with Crippen molar-refractivity contribution < 1.29 is 14.2 Å². The summed E-state index contributed by atoms with van der Waals surface area (Å²) in [5.74, 6) is 2.55. The number of guanidine groups is 1. The molecule has 0 saturated carbocycles.